The van der Waals surface area contributed by atoms with Gasteiger partial charge in [-0.1, -0.05) is 11.8 Å². The molecule has 1 aromatic carbocycles. The zero-order chi connectivity index (χ0) is 19.8. The molecule has 3 aromatic rings. The molecule has 0 amide bonds. The van der Waals surface area contributed by atoms with E-state index in [1.54, 1.807) is 18.5 Å². The van der Waals surface area contributed by atoms with E-state index in [2.05, 4.69) is 30.2 Å². The summed E-state index contributed by atoms with van der Waals surface area (Å²) < 4.78 is 5.39. The Balaban J connectivity index is 1.68. The number of aromatic nitrogens is 4. The molecule has 2 aromatic heterocycles. The molecule has 0 aliphatic rings. The second-order valence-electron chi connectivity index (χ2n) is 5.46. The Morgan fingerprint density at radius 3 is 2.75 bits per heavy atom. The average molecular weight is 397 g/mol. The van der Waals surface area contributed by atoms with Crippen LogP contribution in [-0.2, 0) is 5.75 Å². The molecule has 2 heterocycles. The van der Waals surface area contributed by atoms with Crippen LogP contribution in [0.15, 0.2) is 63.7 Å². The Kier molecular flexibility index (Phi) is 6.58. The van der Waals surface area contributed by atoms with E-state index in [1.807, 2.05) is 31.2 Å². The van der Waals surface area contributed by atoms with Crippen molar-refractivity contribution in [2.45, 2.75) is 17.8 Å². The van der Waals surface area contributed by atoms with Gasteiger partial charge in [0, 0.05) is 29.9 Å². The Bertz CT molecular complexity index is 991. The van der Waals surface area contributed by atoms with E-state index in [0.717, 1.165) is 11.4 Å². The molecule has 9 nitrogen and oxygen atoms in total. The van der Waals surface area contributed by atoms with Crippen LogP contribution >= 0.6 is 11.8 Å². The highest BCUT2D eigenvalue weighted by Crippen LogP contribution is 2.18. The number of rotatable bonds is 7. The van der Waals surface area contributed by atoms with Gasteiger partial charge in [-0.15, -0.1) is 0 Å². The van der Waals surface area contributed by atoms with Crippen molar-refractivity contribution in [3.8, 4) is 5.75 Å². The van der Waals surface area contributed by atoms with Crippen molar-refractivity contribution in [2.24, 2.45) is 10.7 Å². The van der Waals surface area contributed by atoms with Crippen LogP contribution in [0.1, 0.15) is 12.6 Å². The summed E-state index contributed by atoms with van der Waals surface area (Å²) in [5.41, 5.74) is 6.89. The normalized spacial score (nSPS) is 11.2. The van der Waals surface area contributed by atoms with Crippen LogP contribution in [0.3, 0.4) is 0 Å². The Hall–Kier alpha value is -3.40. The molecule has 0 aliphatic heterocycles. The molecule has 28 heavy (non-hydrogen) atoms. The maximum absolute atomic E-state index is 11.9. The van der Waals surface area contributed by atoms with E-state index in [0.29, 0.717) is 23.2 Å². The lowest BCUT2D eigenvalue weighted by atomic mass is 10.3. The minimum absolute atomic E-state index is 0.100. The summed E-state index contributed by atoms with van der Waals surface area (Å²) in [6.07, 6.45) is 3.31. The highest BCUT2D eigenvalue weighted by Gasteiger charge is 2.05. The van der Waals surface area contributed by atoms with Crippen molar-refractivity contribution in [1.29, 1.82) is 0 Å². The number of aliphatic imine (C=N–C) groups is 1. The predicted molar refractivity (Wildman–Crippen MR) is 109 cm³/mol. The summed E-state index contributed by atoms with van der Waals surface area (Å²) in [5, 5.41) is 3.54. The zero-order valence-electron chi connectivity index (χ0n) is 15.1. The molecule has 0 fully saturated rings. The molecule has 0 spiro atoms. The monoisotopic (exact) mass is 397 g/mol. The van der Waals surface area contributed by atoms with Gasteiger partial charge in [0.25, 0.3) is 5.56 Å². The van der Waals surface area contributed by atoms with Gasteiger partial charge in [-0.2, -0.15) is 4.99 Å². The van der Waals surface area contributed by atoms with Crippen LogP contribution in [-0.4, -0.2) is 32.5 Å². The minimum Gasteiger partial charge on any atom is -0.494 e. The number of nitrogens with one attached hydrogen (secondary N) is 2. The summed E-state index contributed by atoms with van der Waals surface area (Å²) >= 11 is 1.37. The fourth-order valence-electron chi connectivity index (χ4n) is 2.21. The van der Waals surface area contributed by atoms with E-state index in [-0.39, 0.29) is 17.5 Å². The van der Waals surface area contributed by atoms with Gasteiger partial charge in [0.2, 0.25) is 11.9 Å². The van der Waals surface area contributed by atoms with Gasteiger partial charge in [0.05, 0.1) is 12.3 Å². The highest BCUT2D eigenvalue weighted by atomic mass is 32.2. The van der Waals surface area contributed by atoms with Crippen LogP contribution in [0, 0.1) is 0 Å². The van der Waals surface area contributed by atoms with Crippen LogP contribution in [0.25, 0.3) is 0 Å². The predicted octanol–water partition coefficient (Wildman–Crippen LogP) is 2.31. The quantitative estimate of drug-likeness (QED) is 0.239. The highest BCUT2D eigenvalue weighted by molar-refractivity contribution is 7.98. The Morgan fingerprint density at radius 1 is 1.29 bits per heavy atom. The van der Waals surface area contributed by atoms with Crippen molar-refractivity contribution in [3.05, 3.63) is 64.8 Å². The SMILES string of the molecule is CCOc1ccc(N/C(N)=N/c2nc(CSc3ncccn3)cc(=O)[nH]2)cc1. The van der Waals surface area contributed by atoms with Crippen molar-refractivity contribution < 1.29 is 4.74 Å². The molecule has 0 saturated carbocycles. The smallest absolute Gasteiger partial charge is 0.252 e. The third kappa shape index (κ3) is 5.81. The van der Waals surface area contributed by atoms with Crippen LogP contribution in [0.4, 0.5) is 11.6 Å². The van der Waals surface area contributed by atoms with Gasteiger partial charge in [0.1, 0.15) is 5.75 Å². The summed E-state index contributed by atoms with van der Waals surface area (Å²) in [6, 6.07) is 10.4. The van der Waals surface area contributed by atoms with E-state index in [9.17, 15) is 4.79 Å². The molecule has 10 heteroatoms. The van der Waals surface area contributed by atoms with Gasteiger partial charge in [-0.05, 0) is 37.3 Å². The number of aromatic amines is 1. The topological polar surface area (TPSA) is 131 Å². The number of guanidine groups is 1. The first-order valence-corrected chi connectivity index (χ1v) is 9.45. The first-order chi connectivity index (χ1) is 13.6. The van der Waals surface area contributed by atoms with Crippen LogP contribution in [0.5, 0.6) is 5.75 Å². The first kappa shape index (κ1) is 19.4. The lowest BCUT2D eigenvalue weighted by Crippen LogP contribution is -2.22. The lowest BCUT2D eigenvalue weighted by molar-refractivity contribution is 0.340. The number of ether oxygens (including phenoxy) is 1. The number of H-pyrrole nitrogens is 1. The Labute approximate surface area is 165 Å². The molecule has 0 unspecified atom stereocenters. The van der Waals surface area contributed by atoms with Crippen molar-refractivity contribution in [3.63, 3.8) is 0 Å². The maximum Gasteiger partial charge on any atom is 0.252 e. The number of hydrogen-bond donors (Lipinski definition) is 3. The first-order valence-electron chi connectivity index (χ1n) is 8.46. The molecule has 0 saturated heterocycles. The van der Waals surface area contributed by atoms with Crippen molar-refractivity contribution >= 4 is 29.4 Å². The van der Waals surface area contributed by atoms with Gasteiger partial charge in [0.15, 0.2) is 5.16 Å². The molecule has 0 bridgehead atoms. The molecule has 0 radical (unpaired) electrons. The molecular weight excluding hydrogens is 378 g/mol. The second-order valence-corrected chi connectivity index (χ2v) is 6.40. The summed E-state index contributed by atoms with van der Waals surface area (Å²) in [7, 11) is 0. The molecule has 4 N–H and O–H groups in total. The standard InChI is InChI=1S/C18H19N7O2S/c1-2-27-14-6-4-12(5-7-14)22-16(19)25-17-23-13(10-15(26)24-17)11-28-18-20-8-3-9-21-18/h3-10H,2,11H2,1H3,(H4,19,22,23,24,25,26). The number of hydrogen-bond acceptors (Lipinski definition) is 7. The largest absolute Gasteiger partial charge is 0.494 e. The molecule has 144 valence electrons. The van der Waals surface area contributed by atoms with E-state index < -0.39 is 0 Å². The number of nitrogens with two attached hydrogens (primary N) is 1. The summed E-state index contributed by atoms with van der Waals surface area (Å²) in [4.78, 5) is 31.1. The van der Waals surface area contributed by atoms with Gasteiger partial charge in [-0.3, -0.25) is 9.78 Å². The lowest BCUT2D eigenvalue weighted by Gasteiger charge is -2.07. The third-order valence-electron chi connectivity index (χ3n) is 3.34. The van der Waals surface area contributed by atoms with Gasteiger partial charge >= 0.3 is 0 Å². The molecule has 0 aliphatic carbocycles. The molecule has 3 rings (SSSR count). The van der Waals surface area contributed by atoms with Gasteiger partial charge < -0.3 is 15.8 Å². The number of benzene rings is 1. The van der Waals surface area contributed by atoms with E-state index >= 15 is 0 Å². The average Bonchev–Trinajstić information content (AvgIpc) is 2.68. The fourth-order valence-corrected chi connectivity index (χ4v) is 2.91. The zero-order valence-corrected chi connectivity index (χ0v) is 15.9. The van der Waals surface area contributed by atoms with Crippen LogP contribution < -0.4 is 21.3 Å². The van der Waals surface area contributed by atoms with Gasteiger partial charge in [-0.25, -0.2) is 15.0 Å². The summed E-state index contributed by atoms with van der Waals surface area (Å²) in [5.74, 6) is 1.42. The molecule has 0 atom stereocenters. The minimum atomic E-state index is -0.313. The number of anilines is 1. The van der Waals surface area contributed by atoms with Crippen LogP contribution in [0.2, 0.25) is 0 Å². The second kappa shape index (κ2) is 9.51. The van der Waals surface area contributed by atoms with Crippen molar-refractivity contribution in [2.75, 3.05) is 11.9 Å². The van der Waals surface area contributed by atoms with E-state index in [1.165, 1.54) is 17.8 Å². The summed E-state index contributed by atoms with van der Waals surface area (Å²) in [6.45, 7) is 2.52. The fraction of sp³-hybridized carbons (Fsp3) is 0.167. The number of thioether (sulfide) groups is 1. The maximum atomic E-state index is 11.9. The number of nitrogens with zero attached hydrogens (tertiary/aromatic N) is 4. The van der Waals surface area contributed by atoms with Crippen molar-refractivity contribution in [1.82, 2.24) is 19.9 Å². The third-order valence-corrected chi connectivity index (χ3v) is 4.25. The molecular formula is C18H19N7O2S. The van der Waals surface area contributed by atoms with E-state index in [4.69, 9.17) is 10.5 Å². The Morgan fingerprint density at radius 2 is 2.04 bits per heavy atom.